The lowest BCUT2D eigenvalue weighted by Gasteiger charge is -2.42. The average molecular weight is 584 g/mol. The molecule has 38 heavy (non-hydrogen) atoms. The minimum atomic E-state index is -3.97. The first-order valence-electron chi connectivity index (χ1n) is 13.7. The highest BCUT2D eigenvalue weighted by Gasteiger charge is 2.45. The second-order valence-electron chi connectivity index (χ2n) is 13.4. The minimum absolute atomic E-state index is 0.0125. The van der Waals surface area contributed by atoms with Crippen molar-refractivity contribution in [2.24, 2.45) is 0 Å². The lowest BCUT2D eigenvalue weighted by Crippen LogP contribution is -2.60. The molecule has 6 nitrogen and oxygen atoms in total. The van der Waals surface area contributed by atoms with Crippen LogP contribution < -0.4 is 4.72 Å². The van der Waals surface area contributed by atoms with Gasteiger partial charge in [0.1, 0.15) is 0 Å². The zero-order chi connectivity index (χ0) is 29.6. The molecular weight excluding hydrogens is 531 g/mol. The number of rotatable bonds is 12. The Labute approximate surface area is 235 Å². The molecule has 1 aromatic carbocycles. The smallest absolute Gasteiger partial charge is 0.241 e. The molecule has 0 radical (unpaired) electrons. The molecule has 0 spiro atoms. The Kier molecular flexibility index (Phi) is 12.1. The Hall–Kier alpha value is -0.996. The number of unbranched alkanes of at least 4 members (excludes halogenated alkanes) is 2. The Bertz CT molecular complexity index is 1060. The zero-order valence-corrected chi connectivity index (χ0v) is 28.7. The van der Waals surface area contributed by atoms with Crippen molar-refractivity contribution in [3.05, 3.63) is 29.8 Å². The quantitative estimate of drug-likeness (QED) is 0.164. The predicted octanol–water partition coefficient (Wildman–Crippen LogP) is 6.61. The van der Waals surface area contributed by atoms with E-state index in [0.29, 0.717) is 6.42 Å². The number of benzene rings is 1. The van der Waals surface area contributed by atoms with E-state index in [4.69, 9.17) is 8.85 Å². The SMILES string of the molecule is CCCCC#CC(O)(CO[Si](C)(C)C(C)(C)C)C(CO[Si](C)(C)C(C)(C)C)NS(=O)(=O)c1ccc(C)cc1. The fourth-order valence-corrected chi connectivity index (χ4v) is 6.26. The maximum absolute atomic E-state index is 13.5. The van der Waals surface area contributed by atoms with E-state index < -0.39 is 38.3 Å². The van der Waals surface area contributed by atoms with Crippen molar-refractivity contribution in [3.8, 4) is 11.8 Å². The number of hydrogen-bond donors (Lipinski definition) is 2. The predicted molar refractivity (Wildman–Crippen MR) is 164 cm³/mol. The Balaban J connectivity index is 3.56. The summed E-state index contributed by atoms with van der Waals surface area (Å²) in [6.07, 6.45) is 2.48. The van der Waals surface area contributed by atoms with Crippen LogP contribution in [-0.4, -0.2) is 55.0 Å². The van der Waals surface area contributed by atoms with Crippen molar-refractivity contribution in [1.29, 1.82) is 0 Å². The molecule has 0 saturated heterocycles. The van der Waals surface area contributed by atoms with Crippen molar-refractivity contribution in [3.63, 3.8) is 0 Å². The van der Waals surface area contributed by atoms with Gasteiger partial charge in [-0.1, -0.05) is 78.5 Å². The molecule has 0 aliphatic rings. The first-order chi connectivity index (χ1) is 17.1. The van der Waals surface area contributed by atoms with E-state index in [1.165, 1.54) is 0 Å². The maximum atomic E-state index is 13.5. The van der Waals surface area contributed by atoms with Gasteiger partial charge in [-0.25, -0.2) is 13.1 Å². The van der Waals surface area contributed by atoms with Crippen LogP contribution in [0.4, 0.5) is 0 Å². The van der Waals surface area contributed by atoms with Crippen molar-refractivity contribution in [2.45, 2.75) is 127 Å². The van der Waals surface area contributed by atoms with Gasteiger partial charge in [0, 0.05) is 6.42 Å². The van der Waals surface area contributed by atoms with Crippen molar-refractivity contribution in [2.75, 3.05) is 13.2 Å². The third-order valence-electron chi connectivity index (χ3n) is 8.04. The summed E-state index contributed by atoms with van der Waals surface area (Å²) in [6, 6.07) is 5.63. The van der Waals surface area contributed by atoms with Crippen LogP contribution in [0.25, 0.3) is 0 Å². The van der Waals surface area contributed by atoms with Gasteiger partial charge in [0.2, 0.25) is 10.0 Å². The summed E-state index contributed by atoms with van der Waals surface area (Å²) in [7, 11) is -8.51. The standard InChI is InChI=1S/C29H53NO5SSi2/c1-13-14-15-16-21-29(31,23-35-38(11,12)28(6,7)8)26(22-34-37(9,10)27(3,4)5)30-36(32,33)25-19-17-24(2)18-20-25/h17-20,26,30-31H,13-15,22-23H2,1-12H3. The first kappa shape index (κ1) is 35.0. The normalized spacial score (nSPS) is 15.9. The molecule has 1 rings (SSSR count). The Morgan fingerprint density at radius 1 is 0.947 bits per heavy atom. The molecule has 0 heterocycles. The fourth-order valence-electron chi connectivity index (χ4n) is 2.96. The van der Waals surface area contributed by atoms with Crippen molar-refractivity contribution in [1.82, 2.24) is 4.72 Å². The molecule has 0 bridgehead atoms. The molecule has 1 aromatic rings. The fraction of sp³-hybridized carbons (Fsp3) is 0.724. The van der Waals surface area contributed by atoms with Gasteiger partial charge in [0.05, 0.1) is 24.2 Å². The summed E-state index contributed by atoms with van der Waals surface area (Å²) in [4.78, 5) is 0.132. The lowest BCUT2D eigenvalue weighted by molar-refractivity contribution is 0.0000146. The van der Waals surface area contributed by atoms with Gasteiger partial charge < -0.3 is 14.0 Å². The van der Waals surface area contributed by atoms with Gasteiger partial charge >= 0.3 is 0 Å². The van der Waals surface area contributed by atoms with Crippen LogP contribution in [0.1, 0.15) is 73.3 Å². The molecule has 0 aromatic heterocycles. The van der Waals surface area contributed by atoms with Gasteiger partial charge in [0.25, 0.3) is 0 Å². The zero-order valence-electron chi connectivity index (χ0n) is 25.9. The highest BCUT2D eigenvalue weighted by Crippen LogP contribution is 2.38. The summed E-state index contributed by atoms with van der Waals surface area (Å²) in [5.74, 6) is 6.12. The molecule has 0 amide bonds. The van der Waals surface area contributed by atoms with Crippen LogP contribution in [0.15, 0.2) is 29.2 Å². The molecule has 0 saturated carbocycles. The summed E-state index contributed by atoms with van der Waals surface area (Å²) in [5, 5.41) is 11.9. The van der Waals surface area contributed by atoms with Crippen molar-refractivity contribution >= 4 is 26.7 Å². The van der Waals surface area contributed by atoms with Crippen LogP contribution in [0.3, 0.4) is 0 Å². The van der Waals surface area contributed by atoms with Crippen LogP contribution in [0.5, 0.6) is 0 Å². The molecule has 2 unspecified atom stereocenters. The minimum Gasteiger partial charge on any atom is -0.415 e. The van der Waals surface area contributed by atoms with E-state index >= 15 is 0 Å². The molecule has 2 N–H and O–H groups in total. The van der Waals surface area contributed by atoms with E-state index in [1.54, 1.807) is 24.3 Å². The van der Waals surface area contributed by atoms with Crippen LogP contribution in [0.2, 0.25) is 36.3 Å². The van der Waals surface area contributed by atoms with Crippen LogP contribution >= 0.6 is 0 Å². The second-order valence-corrected chi connectivity index (χ2v) is 24.8. The number of aliphatic hydroxyl groups is 1. The van der Waals surface area contributed by atoms with Gasteiger partial charge in [-0.3, -0.25) is 0 Å². The molecular formula is C29H53NO5SSi2. The van der Waals surface area contributed by atoms with E-state index in [-0.39, 0.29) is 28.2 Å². The monoisotopic (exact) mass is 583 g/mol. The molecule has 218 valence electrons. The number of nitrogens with one attached hydrogen (secondary N) is 1. The van der Waals surface area contributed by atoms with E-state index in [9.17, 15) is 13.5 Å². The van der Waals surface area contributed by atoms with Gasteiger partial charge in [-0.15, -0.1) is 5.92 Å². The molecule has 0 aliphatic carbocycles. The molecule has 2 atom stereocenters. The Morgan fingerprint density at radius 3 is 1.92 bits per heavy atom. The summed E-state index contributed by atoms with van der Waals surface area (Å²) in [6.45, 7) is 25.1. The Morgan fingerprint density at radius 2 is 1.45 bits per heavy atom. The lowest BCUT2D eigenvalue weighted by atomic mass is 9.97. The van der Waals surface area contributed by atoms with E-state index in [1.807, 2.05) is 6.92 Å². The van der Waals surface area contributed by atoms with Gasteiger partial charge in [0.15, 0.2) is 22.2 Å². The summed E-state index contributed by atoms with van der Waals surface area (Å²) < 4.78 is 42.7. The maximum Gasteiger partial charge on any atom is 0.241 e. The second kappa shape index (κ2) is 13.1. The van der Waals surface area contributed by atoms with Gasteiger partial charge in [-0.2, -0.15) is 0 Å². The number of sulfonamides is 1. The molecule has 0 fully saturated rings. The summed E-state index contributed by atoms with van der Waals surface area (Å²) in [5.41, 5.74) is -0.813. The first-order valence-corrected chi connectivity index (χ1v) is 21.0. The van der Waals surface area contributed by atoms with Crippen LogP contribution in [-0.2, 0) is 18.9 Å². The largest absolute Gasteiger partial charge is 0.415 e. The van der Waals surface area contributed by atoms with Gasteiger partial charge in [-0.05, 0) is 61.7 Å². The van der Waals surface area contributed by atoms with Crippen LogP contribution in [0, 0.1) is 18.8 Å². The number of hydrogen-bond acceptors (Lipinski definition) is 5. The third-order valence-corrected chi connectivity index (χ3v) is 18.5. The molecule has 9 heteroatoms. The highest BCUT2D eigenvalue weighted by atomic mass is 32.2. The third kappa shape index (κ3) is 9.88. The van der Waals surface area contributed by atoms with E-state index in [0.717, 1.165) is 18.4 Å². The number of aryl methyl sites for hydroxylation is 1. The summed E-state index contributed by atoms with van der Waals surface area (Å²) >= 11 is 0. The highest BCUT2D eigenvalue weighted by molar-refractivity contribution is 7.89. The molecule has 0 aliphatic heterocycles. The average Bonchev–Trinajstić information content (AvgIpc) is 2.77. The van der Waals surface area contributed by atoms with Crippen molar-refractivity contribution < 1.29 is 22.4 Å². The topological polar surface area (TPSA) is 84.9 Å². The van der Waals surface area contributed by atoms with E-state index in [2.05, 4.69) is 91.2 Å².